The second-order valence-electron chi connectivity index (χ2n) is 3.09. The van der Waals surface area contributed by atoms with Gasteiger partial charge >= 0.3 is 5.97 Å². The van der Waals surface area contributed by atoms with Crippen molar-refractivity contribution in [1.29, 1.82) is 5.26 Å². The maximum atomic E-state index is 12.6. The minimum absolute atomic E-state index is 0.0396. The molecule has 0 saturated heterocycles. The minimum atomic E-state index is -2.81. The van der Waals surface area contributed by atoms with Crippen LogP contribution in [0, 0.1) is 11.3 Å². The Morgan fingerprint density at radius 1 is 1.59 bits per heavy atom. The molecule has 0 fully saturated rings. The Balaban J connectivity index is 3.28. The number of ether oxygens (including phenoxy) is 1. The van der Waals surface area contributed by atoms with Crippen LogP contribution in [0.15, 0.2) is 17.0 Å². The Hall–Kier alpha value is -1.61. The van der Waals surface area contributed by atoms with Gasteiger partial charge in [0.05, 0.1) is 23.8 Å². The van der Waals surface area contributed by atoms with Crippen LogP contribution in [0.4, 0.5) is 8.78 Å². The molecule has 1 aromatic rings. The van der Waals surface area contributed by atoms with Crippen molar-refractivity contribution in [2.45, 2.75) is 18.2 Å². The Kier molecular flexibility index (Phi) is 4.46. The van der Waals surface area contributed by atoms with Gasteiger partial charge in [-0.25, -0.2) is 13.6 Å². The average molecular weight is 257 g/mol. The molecule has 0 unspecified atom stereocenters. The van der Waals surface area contributed by atoms with E-state index in [4.69, 9.17) is 10.00 Å². The molecular formula is C11H9F2NO2S. The maximum absolute atomic E-state index is 12.6. The summed E-state index contributed by atoms with van der Waals surface area (Å²) in [6.45, 7) is 1.79. The van der Waals surface area contributed by atoms with E-state index < -0.39 is 18.0 Å². The number of rotatable bonds is 3. The summed E-state index contributed by atoms with van der Waals surface area (Å²) in [6.07, 6.45) is -2.81. The van der Waals surface area contributed by atoms with Crippen LogP contribution in [0.2, 0.25) is 0 Å². The first-order chi connectivity index (χ1) is 8.01. The smallest absolute Gasteiger partial charge is 0.338 e. The Bertz CT molecular complexity index is 483. The zero-order chi connectivity index (χ0) is 13.0. The number of esters is 1. The predicted octanol–water partition coefficient (Wildman–Crippen LogP) is 2.96. The molecule has 0 aliphatic heterocycles. The third kappa shape index (κ3) is 2.94. The summed E-state index contributed by atoms with van der Waals surface area (Å²) in [7, 11) is 0. The maximum Gasteiger partial charge on any atom is 0.338 e. The van der Waals surface area contributed by atoms with Crippen LogP contribution in [0.1, 0.15) is 34.8 Å². The number of hydrogen-bond acceptors (Lipinski definition) is 4. The van der Waals surface area contributed by atoms with Gasteiger partial charge in [0.2, 0.25) is 0 Å². The average Bonchev–Trinajstić information content (AvgIpc) is 2.27. The number of carbonyl (C=O) groups is 1. The number of thiol groups is 1. The number of nitrogens with zero attached hydrogens (tertiary/aromatic N) is 1. The first-order valence-electron chi connectivity index (χ1n) is 4.73. The highest BCUT2D eigenvalue weighted by Crippen LogP contribution is 2.30. The number of halogens is 2. The lowest BCUT2D eigenvalue weighted by Gasteiger charge is -2.09. The second-order valence-corrected chi connectivity index (χ2v) is 3.57. The summed E-state index contributed by atoms with van der Waals surface area (Å²) in [5.74, 6) is -0.667. The normalized spacial score (nSPS) is 10.1. The van der Waals surface area contributed by atoms with Crippen molar-refractivity contribution in [2.24, 2.45) is 0 Å². The van der Waals surface area contributed by atoms with Crippen LogP contribution < -0.4 is 0 Å². The molecule has 0 N–H and O–H groups in total. The molecule has 17 heavy (non-hydrogen) atoms. The summed E-state index contributed by atoms with van der Waals surface area (Å²) in [5, 5.41) is 8.76. The predicted molar refractivity (Wildman–Crippen MR) is 59.3 cm³/mol. The van der Waals surface area contributed by atoms with Crippen LogP contribution in [0.3, 0.4) is 0 Å². The summed E-state index contributed by atoms with van der Waals surface area (Å²) >= 11 is 3.85. The molecule has 90 valence electrons. The molecule has 0 spiro atoms. The highest BCUT2D eigenvalue weighted by molar-refractivity contribution is 7.80. The van der Waals surface area contributed by atoms with Crippen molar-refractivity contribution in [3.63, 3.8) is 0 Å². The number of nitriles is 1. The van der Waals surface area contributed by atoms with E-state index >= 15 is 0 Å². The molecule has 0 heterocycles. The van der Waals surface area contributed by atoms with Gasteiger partial charge in [-0.15, -0.1) is 12.6 Å². The molecular weight excluding hydrogens is 248 g/mol. The molecule has 1 aromatic carbocycles. The first kappa shape index (κ1) is 13.5. The minimum Gasteiger partial charge on any atom is -0.462 e. The fourth-order valence-corrected chi connectivity index (χ4v) is 1.65. The molecule has 3 nitrogen and oxygen atoms in total. The van der Waals surface area contributed by atoms with Crippen LogP contribution in [0.25, 0.3) is 0 Å². The molecule has 0 amide bonds. The third-order valence-corrected chi connectivity index (χ3v) is 2.38. The summed E-state index contributed by atoms with van der Waals surface area (Å²) in [5.41, 5.74) is -0.697. The fourth-order valence-electron chi connectivity index (χ4n) is 1.29. The molecule has 0 radical (unpaired) electrons. The van der Waals surface area contributed by atoms with E-state index in [2.05, 4.69) is 12.6 Å². The standard InChI is InChI=1S/C11H9F2NO2S/c1-2-16-11(15)6-3-7(5-14)9(10(12)13)8(17)4-6/h3-4,10,17H,2H2,1H3. The number of benzene rings is 1. The molecule has 0 atom stereocenters. The topological polar surface area (TPSA) is 50.1 Å². The van der Waals surface area contributed by atoms with Crippen LogP contribution in [-0.4, -0.2) is 12.6 Å². The van der Waals surface area contributed by atoms with E-state index in [0.717, 1.165) is 6.07 Å². The number of carbonyl (C=O) groups excluding carboxylic acids is 1. The highest BCUT2D eigenvalue weighted by atomic mass is 32.1. The van der Waals surface area contributed by atoms with Gasteiger partial charge in [0.15, 0.2) is 0 Å². The summed E-state index contributed by atoms with van der Waals surface area (Å²) in [6, 6.07) is 3.87. The summed E-state index contributed by atoms with van der Waals surface area (Å²) in [4.78, 5) is 11.3. The van der Waals surface area contributed by atoms with Crippen molar-refractivity contribution < 1.29 is 18.3 Å². The van der Waals surface area contributed by atoms with Crippen molar-refractivity contribution in [3.05, 3.63) is 28.8 Å². The third-order valence-electron chi connectivity index (χ3n) is 2.01. The van der Waals surface area contributed by atoms with Gasteiger partial charge in [-0.1, -0.05) is 0 Å². The van der Waals surface area contributed by atoms with Crippen molar-refractivity contribution in [1.82, 2.24) is 0 Å². The van der Waals surface area contributed by atoms with Crippen LogP contribution in [-0.2, 0) is 4.74 Å². The van der Waals surface area contributed by atoms with Crippen LogP contribution in [0.5, 0.6) is 0 Å². The first-order valence-corrected chi connectivity index (χ1v) is 5.18. The SMILES string of the molecule is CCOC(=O)c1cc(S)c(C(F)F)c(C#N)c1. The van der Waals surface area contributed by atoms with E-state index in [-0.39, 0.29) is 22.6 Å². The van der Waals surface area contributed by atoms with Gasteiger partial charge < -0.3 is 4.74 Å². The Morgan fingerprint density at radius 3 is 2.71 bits per heavy atom. The van der Waals surface area contributed by atoms with Gasteiger partial charge in [-0.05, 0) is 19.1 Å². The zero-order valence-electron chi connectivity index (χ0n) is 8.91. The van der Waals surface area contributed by atoms with E-state index in [9.17, 15) is 13.6 Å². The number of hydrogen-bond donors (Lipinski definition) is 1. The lowest BCUT2D eigenvalue weighted by Crippen LogP contribution is -2.06. The molecule has 0 aliphatic rings. The molecule has 0 aromatic heterocycles. The van der Waals surface area contributed by atoms with E-state index in [1.165, 1.54) is 6.07 Å². The van der Waals surface area contributed by atoms with Gasteiger partial charge in [-0.2, -0.15) is 5.26 Å². The second kappa shape index (κ2) is 5.64. The van der Waals surface area contributed by atoms with E-state index in [1.54, 1.807) is 13.0 Å². The van der Waals surface area contributed by atoms with Crippen LogP contribution >= 0.6 is 12.6 Å². The van der Waals surface area contributed by atoms with E-state index in [0.29, 0.717) is 0 Å². The fraction of sp³-hybridized carbons (Fsp3) is 0.273. The molecule has 0 aliphatic carbocycles. The summed E-state index contributed by atoms with van der Waals surface area (Å²) < 4.78 is 30.0. The highest BCUT2D eigenvalue weighted by Gasteiger charge is 2.20. The number of alkyl halides is 2. The van der Waals surface area contributed by atoms with Crippen molar-refractivity contribution in [2.75, 3.05) is 6.61 Å². The van der Waals surface area contributed by atoms with Gasteiger partial charge in [0.25, 0.3) is 6.43 Å². The van der Waals surface area contributed by atoms with Gasteiger partial charge in [0.1, 0.15) is 0 Å². The molecule has 1 rings (SSSR count). The molecule has 6 heteroatoms. The molecule has 0 bridgehead atoms. The molecule has 0 saturated carbocycles. The lowest BCUT2D eigenvalue weighted by molar-refractivity contribution is 0.0525. The van der Waals surface area contributed by atoms with Crippen molar-refractivity contribution >= 4 is 18.6 Å². The largest absolute Gasteiger partial charge is 0.462 e. The van der Waals surface area contributed by atoms with Gasteiger partial charge in [-0.3, -0.25) is 0 Å². The Labute approximate surface area is 102 Å². The van der Waals surface area contributed by atoms with Gasteiger partial charge in [0, 0.05) is 10.5 Å². The zero-order valence-corrected chi connectivity index (χ0v) is 9.80. The Morgan fingerprint density at radius 2 is 2.24 bits per heavy atom. The monoisotopic (exact) mass is 257 g/mol. The van der Waals surface area contributed by atoms with Crippen molar-refractivity contribution in [3.8, 4) is 6.07 Å². The quantitative estimate of drug-likeness (QED) is 0.669. The van der Waals surface area contributed by atoms with E-state index in [1.807, 2.05) is 0 Å². The lowest BCUT2D eigenvalue weighted by atomic mass is 10.0.